The summed E-state index contributed by atoms with van der Waals surface area (Å²) in [5.41, 5.74) is 1.41. The Morgan fingerprint density at radius 1 is 1.22 bits per heavy atom. The van der Waals surface area contributed by atoms with Crippen LogP contribution in [-0.2, 0) is 15.9 Å². The van der Waals surface area contributed by atoms with Crippen LogP contribution in [0.15, 0.2) is 42.7 Å². The highest BCUT2D eigenvalue weighted by Crippen LogP contribution is 2.14. The first-order valence-corrected chi connectivity index (χ1v) is 6.91. The minimum atomic E-state index is -0.0101. The summed E-state index contributed by atoms with van der Waals surface area (Å²) >= 11 is 0. The quantitative estimate of drug-likeness (QED) is 0.556. The zero-order valence-corrected chi connectivity index (χ0v) is 10.9. The van der Waals surface area contributed by atoms with Crippen molar-refractivity contribution in [3.05, 3.63) is 48.2 Å². The third-order valence-corrected chi connectivity index (χ3v) is 3.14. The molecule has 1 aliphatic heterocycles. The summed E-state index contributed by atoms with van der Waals surface area (Å²) < 4.78 is 11.0. The van der Waals surface area contributed by atoms with E-state index in [4.69, 9.17) is 9.47 Å². The first-order valence-electron chi connectivity index (χ1n) is 6.91. The first kappa shape index (κ1) is 13.2. The topological polar surface area (TPSA) is 18.5 Å². The van der Waals surface area contributed by atoms with Crippen molar-refractivity contribution in [3.63, 3.8) is 0 Å². The largest absolute Gasteiger partial charge is 0.473 e. The van der Waals surface area contributed by atoms with Crippen LogP contribution in [0.25, 0.3) is 0 Å². The summed E-state index contributed by atoms with van der Waals surface area (Å²) in [6, 6.07) is 10.6. The lowest BCUT2D eigenvalue weighted by atomic mass is 10.1. The molecule has 2 heteroatoms. The van der Waals surface area contributed by atoms with E-state index in [9.17, 15) is 0 Å². The highest BCUT2D eigenvalue weighted by molar-refractivity contribution is 5.14. The monoisotopic (exact) mass is 246 g/mol. The van der Waals surface area contributed by atoms with Crippen molar-refractivity contribution in [2.24, 2.45) is 0 Å². The summed E-state index contributed by atoms with van der Waals surface area (Å²) in [5.74, 6) is 0. The molecular weight excluding hydrogens is 224 g/mol. The van der Waals surface area contributed by atoms with Crippen LogP contribution in [0.3, 0.4) is 0 Å². The van der Waals surface area contributed by atoms with E-state index in [1.165, 1.54) is 18.4 Å². The lowest BCUT2D eigenvalue weighted by molar-refractivity contribution is -0.129. The minimum absolute atomic E-state index is 0.0101. The number of rotatable bonds is 6. The lowest BCUT2D eigenvalue weighted by Gasteiger charge is -2.21. The fraction of sp³-hybridized carbons (Fsp3) is 0.500. The van der Waals surface area contributed by atoms with Crippen LogP contribution >= 0.6 is 0 Å². The highest BCUT2D eigenvalue weighted by Gasteiger charge is 2.12. The number of aryl methyl sites for hydroxylation is 1. The fourth-order valence-electron chi connectivity index (χ4n) is 2.10. The summed E-state index contributed by atoms with van der Waals surface area (Å²) in [6.45, 7) is 0.840. The van der Waals surface area contributed by atoms with Crippen LogP contribution < -0.4 is 0 Å². The molecule has 1 aliphatic rings. The minimum Gasteiger partial charge on any atom is -0.473 e. The molecule has 0 bridgehead atoms. The highest BCUT2D eigenvalue weighted by atomic mass is 16.7. The Kier molecular flexibility index (Phi) is 5.80. The van der Waals surface area contributed by atoms with Gasteiger partial charge in [0.2, 0.25) is 0 Å². The van der Waals surface area contributed by atoms with Gasteiger partial charge in [-0.15, -0.1) is 0 Å². The van der Waals surface area contributed by atoms with Crippen molar-refractivity contribution in [1.82, 2.24) is 0 Å². The fourth-order valence-corrected chi connectivity index (χ4v) is 2.10. The Balaban J connectivity index is 1.55. The van der Waals surface area contributed by atoms with Gasteiger partial charge in [-0.2, -0.15) is 0 Å². The lowest BCUT2D eigenvalue weighted by Crippen LogP contribution is -2.19. The molecule has 0 amide bonds. The summed E-state index contributed by atoms with van der Waals surface area (Å²) in [7, 11) is 0. The van der Waals surface area contributed by atoms with E-state index in [0.717, 1.165) is 32.3 Å². The average Bonchev–Trinajstić information content (AvgIpc) is 2.45. The van der Waals surface area contributed by atoms with Crippen LogP contribution in [0.2, 0.25) is 0 Å². The molecule has 1 atom stereocenters. The van der Waals surface area contributed by atoms with Crippen molar-refractivity contribution >= 4 is 0 Å². The number of hydrogen-bond acceptors (Lipinski definition) is 2. The molecule has 0 spiro atoms. The van der Waals surface area contributed by atoms with Gasteiger partial charge in [0.05, 0.1) is 12.9 Å². The van der Waals surface area contributed by atoms with Crippen molar-refractivity contribution in [2.75, 3.05) is 6.61 Å². The molecule has 1 heterocycles. The van der Waals surface area contributed by atoms with Crippen molar-refractivity contribution in [2.45, 2.75) is 44.8 Å². The van der Waals surface area contributed by atoms with Crippen molar-refractivity contribution in [1.29, 1.82) is 0 Å². The summed E-state index contributed by atoms with van der Waals surface area (Å²) in [5, 5.41) is 0. The predicted octanol–water partition coefficient (Wildman–Crippen LogP) is 4.07. The summed E-state index contributed by atoms with van der Waals surface area (Å²) in [4.78, 5) is 0. The van der Waals surface area contributed by atoms with Crippen LogP contribution in [0.1, 0.15) is 37.7 Å². The Labute approximate surface area is 110 Å². The molecule has 98 valence electrons. The Bertz CT molecular complexity index is 339. The van der Waals surface area contributed by atoms with Crippen LogP contribution in [0.4, 0.5) is 0 Å². The smallest absolute Gasteiger partial charge is 0.198 e. The Morgan fingerprint density at radius 2 is 2.11 bits per heavy atom. The maximum Gasteiger partial charge on any atom is 0.198 e. The van der Waals surface area contributed by atoms with Crippen LogP contribution in [0.5, 0.6) is 0 Å². The maximum atomic E-state index is 5.53. The van der Waals surface area contributed by atoms with Crippen molar-refractivity contribution in [3.8, 4) is 0 Å². The molecular formula is C16H22O2. The van der Waals surface area contributed by atoms with Crippen LogP contribution in [0, 0.1) is 0 Å². The van der Waals surface area contributed by atoms with Gasteiger partial charge in [-0.1, -0.05) is 30.3 Å². The van der Waals surface area contributed by atoms with E-state index in [0.29, 0.717) is 0 Å². The number of allylic oxidation sites excluding steroid dienone is 1. The van der Waals surface area contributed by atoms with E-state index in [2.05, 4.69) is 36.4 Å². The molecule has 1 saturated heterocycles. The number of benzene rings is 1. The second kappa shape index (κ2) is 7.93. The molecule has 0 radical (unpaired) electrons. The zero-order valence-electron chi connectivity index (χ0n) is 10.9. The van der Waals surface area contributed by atoms with E-state index in [1.54, 1.807) is 6.26 Å². The molecule has 1 aromatic rings. The standard InChI is InChI=1S/C16H22O2/c1-3-9-15(10-4-1)11-5-2-7-13-17-16-12-6-8-14-18-16/h1,3-4,7,9-10,13,16H,2,5-6,8,11-12,14H2/b13-7-. The van der Waals surface area contributed by atoms with Gasteiger partial charge in [0, 0.05) is 6.42 Å². The number of hydrogen-bond donors (Lipinski definition) is 0. The van der Waals surface area contributed by atoms with Gasteiger partial charge in [0.15, 0.2) is 6.29 Å². The third kappa shape index (κ3) is 4.92. The molecule has 1 unspecified atom stereocenters. The molecule has 2 nitrogen and oxygen atoms in total. The van der Waals surface area contributed by atoms with Gasteiger partial charge in [-0.05, 0) is 43.7 Å². The Morgan fingerprint density at radius 3 is 2.89 bits per heavy atom. The zero-order chi connectivity index (χ0) is 12.5. The number of ether oxygens (including phenoxy) is 2. The van der Waals surface area contributed by atoms with E-state index in [1.807, 2.05) is 0 Å². The second-order valence-electron chi connectivity index (χ2n) is 4.68. The van der Waals surface area contributed by atoms with Gasteiger partial charge >= 0.3 is 0 Å². The SMILES string of the molecule is C(=C/OC1CCCCO1)/CCCc1ccccc1. The molecule has 18 heavy (non-hydrogen) atoms. The Hall–Kier alpha value is -1.28. The van der Waals surface area contributed by atoms with Crippen LogP contribution in [-0.4, -0.2) is 12.9 Å². The van der Waals surface area contributed by atoms with Gasteiger partial charge in [0.1, 0.15) is 0 Å². The predicted molar refractivity (Wildman–Crippen MR) is 73.2 cm³/mol. The second-order valence-corrected chi connectivity index (χ2v) is 4.68. The number of unbranched alkanes of at least 4 members (excludes halogenated alkanes) is 1. The van der Waals surface area contributed by atoms with Crippen molar-refractivity contribution < 1.29 is 9.47 Å². The molecule has 0 aromatic heterocycles. The molecule has 2 rings (SSSR count). The molecule has 0 N–H and O–H groups in total. The molecule has 1 fully saturated rings. The van der Waals surface area contributed by atoms with Gasteiger partial charge in [-0.3, -0.25) is 0 Å². The molecule has 1 aromatic carbocycles. The van der Waals surface area contributed by atoms with Gasteiger partial charge in [-0.25, -0.2) is 0 Å². The van der Waals surface area contributed by atoms with E-state index >= 15 is 0 Å². The average molecular weight is 246 g/mol. The third-order valence-electron chi connectivity index (χ3n) is 3.14. The molecule has 0 aliphatic carbocycles. The maximum absolute atomic E-state index is 5.53. The summed E-state index contributed by atoms with van der Waals surface area (Å²) in [6.07, 6.45) is 10.6. The van der Waals surface area contributed by atoms with E-state index < -0.39 is 0 Å². The van der Waals surface area contributed by atoms with Gasteiger partial charge in [0.25, 0.3) is 0 Å². The van der Waals surface area contributed by atoms with E-state index in [-0.39, 0.29) is 6.29 Å². The van der Waals surface area contributed by atoms with Gasteiger partial charge < -0.3 is 9.47 Å². The normalized spacial score (nSPS) is 20.1. The molecule has 0 saturated carbocycles. The first-order chi connectivity index (χ1) is 8.95.